The number of aryl methyl sites for hydroxylation is 1. The summed E-state index contributed by atoms with van der Waals surface area (Å²) in [6.45, 7) is 9.10. The van der Waals surface area contributed by atoms with Crippen LogP contribution in [0.1, 0.15) is 65.0 Å². The van der Waals surface area contributed by atoms with Crippen molar-refractivity contribution in [1.29, 1.82) is 0 Å². The van der Waals surface area contributed by atoms with E-state index in [0.29, 0.717) is 5.56 Å². The molecule has 1 saturated carbocycles. The van der Waals surface area contributed by atoms with Crippen LogP contribution >= 0.6 is 0 Å². The summed E-state index contributed by atoms with van der Waals surface area (Å²) in [5.74, 6) is -3.34. The van der Waals surface area contributed by atoms with E-state index >= 15 is 8.78 Å². The molecule has 37 heavy (non-hydrogen) atoms. The molecule has 0 amide bonds. The fourth-order valence-electron chi connectivity index (χ4n) is 5.17. The van der Waals surface area contributed by atoms with Crippen molar-refractivity contribution in [2.45, 2.75) is 83.9 Å². The molecule has 4 nitrogen and oxygen atoms in total. The summed E-state index contributed by atoms with van der Waals surface area (Å²) < 4.78 is 96.8. The number of allylic oxidation sites excluding steroid dienone is 3. The predicted octanol–water partition coefficient (Wildman–Crippen LogP) is 6.68. The third kappa shape index (κ3) is 5.61. The monoisotopic (exact) mass is 547 g/mol. The lowest BCUT2D eigenvalue weighted by Crippen LogP contribution is -2.59. The van der Waals surface area contributed by atoms with Crippen LogP contribution in [0, 0.1) is 18.3 Å². The summed E-state index contributed by atoms with van der Waals surface area (Å²) in [4.78, 5) is 12.6. The minimum absolute atomic E-state index is 0.0248. The highest BCUT2D eigenvalue weighted by molar-refractivity contribution is 7.90. The normalized spacial score (nSPS) is 24.8. The Morgan fingerprint density at radius 2 is 1.81 bits per heavy atom. The Balaban J connectivity index is 2.35. The second-order valence-corrected chi connectivity index (χ2v) is 12.7. The van der Waals surface area contributed by atoms with Crippen molar-refractivity contribution >= 4 is 22.9 Å². The first-order valence-electron chi connectivity index (χ1n) is 12.3. The van der Waals surface area contributed by atoms with Gasteiger partial charge < -0.3 is 9.29 Å². The average Bonchev–Trinajstić information content (AvgIpc) is 3.59. The molecule has 0 aromatic heterocycles. The molecule has 1 fully saturated rings. The predicted molar refractivity (Wildman–Crippen MR) is 134 cm³/mol. The topological polar surface area (TPSA) is 61.4 Å². The number of hydrogen-bond donors (Lipinski definition) is 1. The number of nitrogens with one attached hydrogen (secondary N) is 1. The quantitative estimate of drug-likeness (QED) is 0.224. The van der Waals surface area contributed by atoms with Gasteiger partial charge in [0.2, 0.25) is 0 Å². The summed E-state index contributed by atoms with van der Waals surface area (Å²) in [5, 5.41) is 0. The van der Waals surface area contributed by atoms with Gasteiger partial charge in [0.05, 0.1) is 30.1 Å². The van der Waals surface area contributed by atoms with Crippen molar-refractivity contribution in [3.63, 3.8) is 0 Å². The van der Waals surface area contributed by atoms with Crippen LogP contribution in [-0.4, -0.2) is 40.3 Å². The van der Waals surface area contributed by atoms with Crippen LogP contribution in [0.3, 0.4) is 0 Å². The lowest BCUT2D eigenvalue weighted by molar-refractivity contribution is -0.144. The maximum atomic E-state index is 17.0. The van der Waals surface area contributed by atoms with E-state index in [1.165, 1.54) is 6.07 Å². The molecule has 2 aliphatic carbocycles. The van der Waals surface area contributed by atoms with Gasteiger partial charge in [0.15, 0.2) is 0 Å². The molecule has 0 saturated heterocycles. The van der Waals surface area contributed by atoms with E-state index in [1.807, 2.05) is 0 Å². The highest BCUT2D eigenvalue weighted by atomic mass is 32.2. The number of alkyl halides is 4. The van der Waals surface area contributed by atoms with Gasteiger partial charge in [-0.3, -0.25) is 4.79 Å². The van der Waals surface area contributed by atoms with Gasteiger partial charge in [-0.1, -0.05) is 24.3 Å². The SMILES string of the molecule is CCOC(=O)CC(N[S+]([O-])C(C)(C)C)C1(C2CC2)C(F)=C(C(F)(F)F)C(C)=C(c2ccccc2C)C1F. The molecule has 0 aliphatic heterocycles. The molecule has 0 spiro atoms. The van der Waals surface area contributed by atoms with Gasteiger partial charge in [-0.25, -0.2) is 8.78 Å². The van der Waals surface area contributed by atoms with Gasteiger partial charge in [-0.15, -0.1) is 4.72 Å². The zero-order valence-corrected chi connectivity index (χ0v) is 22.7. The van der Waals surface area contributed by atoms with Gasteiger partial charge in [-0.2, -0.15) is 13.2 Å². The molecule has 0 radical (unpaired) electrons. The van der Waals surface area contributed by atoms with Crippen molar-refractivity contribution in [3.8, 4) is 0 Å². The van der Waals surface area contributed by atoms with E-state index in [2.05, 4.69) is 4.72 Å². The number of halogens is 5. The summed E-state index contributed by atoms with van der Waals surface area (Å²) in [7, 11) is 0. The Morgan fingerprint density at radius 1 is 1.22 bits per heavy atom. The van der Waals surface area contributed by atoms with E-state index in [1.54, 1.807) is 52.8 Å². The molecular weight excluding hydrogens is 513 g/mol. The lowest BCUT2D eigenvalue weighted by Gasteiger charge is -2.47. The van der Waals surface area contributed by atoms with Gasteiger partial charge in [0.1, 0.15) is 16.7 Å². The molecule has 2 aliphatic rings. The molecule has 4 atom stereocenters. The Bertz CT molecular complexity index is 1090. The van der Waals surface area contributed by atoms with Crippen LogP contribution in [0.5, 0.6) is 0 Å². The fourth-order valence-corrected chi connectivity index (χ4v) is 6.06. The van der Waals surface area contributed by atoms with Crippen LogP contribution in [0.4, 0.5) is 22.0 Å². The standard InChI is InChI=1S/C27H34F5NO3S/c1-7-36-20(34)14-19(33-37(35)25(4,5)6)26(17-12-13-17)23(28)21(18-11-9-8-10-15(18)2)16(3)22(24(26)29)27(30,31)32/h8-11,17,19,23,33H,7,12-14H2,1-6H3. The summed E-state index contributed by atoms with van der Waals surface area (Å²) in [6, 6.07) is 4.86. The molecule has 0 bridgehead atoms. The first kappa shape index (κ1) is 29.6. The number of carbonyl (C=O) groups excluding carboxylic acids is 1. The Kier molecular flexibility index (Phi) is 8.56. The number of ether oxygens (including phenoxy) is 1. The number of hydrogen-bond acceptors (Lipinski definition) is 4. The fraction of sp³-hybridized carbons (Fsp3) is 0.593. The minimum atomic E-state index is -5.12. The zero-order chi connectivity index (χ0) is 27.9. The van der Waals surface area contributed by atoms with Crippen LogP contribution in [0.2, 0.25) is 0 Å². The maximum absolute atomic E-state index is 17.0. The number of benzene rings is 1. The second-order valence-electron chi connectivity index (χ2n) is 10.7. The van der Waals surface area contributed by atoms with Crippen molar-refractivity contribution in [2.75, 3.05) is 6.61 Å². The van der Waals surface area contributed by atoms with E-state index in [0.717, 1.165) is 6.92 Å². The van der Waals surface area contributed by atoms with Crippen LogP contribution in [-0.2, 0) is 20.9 Å². The summed E-state index contributed by atoms with van der Waals surface area (Å²) in [5.41, 5.74) is -3.98. The summed E-state index contributed by atoms with van der Waals surface area (Å²) in [6.07, 6.45) is -7.48. The van der Waals surface area contributed by atoms with E-state index < -0.39 is 75.2 Å². The molecule has 206 valence electrons. The third-order valence-electron chi connectivity index (χ3n) is 7.08. The molecule has 10 heteroatoms. The largest absolute Gasteiger partial charge is 0.598 e. The third-order valence-corrected chi connectivity index (χ3v) is 8.69. The van der Waals surface area contributed by atoms with Gasteiger partial charge in [-0.05, 0) is 82.6 Å². The van der Waals surface area contributed by atoms with Crippen LogP contribution in [0.15, 0.2) is 41.2 Å². The van der Waals surface area contributed by atoms with E-state index in [9.17, 15) is 22.5 Å². The molecule has 3 rings (SSSR count). The van der Waals surface area contributed by atoms with Gasteiger partial charge >= 0.3 is 12.1 Å². The van der Waals surface area contributed by atoms with Crippen molar-refractivity contribution < 1.29 is 36.0 Å². The van der Waals surface area contributed by atoms with Crippen molar-refractivity contribution in [1.82, 2.24) is 4.72 Å². The molecular formula is C27H34F5NO3S. The lowest BCUT2D eigenvalue weighted by atomic mass is 9.62. The van der Waals surface area contributed by atoms with E-state index in [-0.39, 0.29) is 30.6 Å². The van der Waals surface area contributed by atoms with Gasteiger partial charge in [0, 0.05) is 11.4 Å². The Hall–Kier alpha value is -1.91. The van der Waals surface area contributed by atoms with E-state index in [4.69, 9.17) is 4.74 Å². The average molecular weight is 548 g/mol. The first-order valence-corrected chi connectivity index (χ1v) is 13.5. The molecule has 0 heterocycles. The smallest absolute Gasteiger partial charge is 0.419 e. The molecule has 1 N–H and O–H groups in total. The highest BCUT2D eigenvalue weighted by Crippen LogP contribution is 2.64. The van der Waals surface area contributed by atoms with Crippen molar-refractivity contribution in [3.05, 3.63) is 52.4 Å². The number of esters is 1. The minimum Gasteiger partial charge on any atom is -0.598 e. The molecule has 1 aromatic carbocycles. The van der Waals surface area contributed by atoms with Crippen LogP contribution in [0.25, 0.3) is 5.57 Å². The second kappa shape index (κ2) is 10.7. The number of carbonyl (C=O) groups is 1. The highest BCUT2D eigenvalue weighted by Gasteiger charge is 2.66. The Morgan fingerprint density at radius 3 is 2.30 bits per heavy atom. The number of rotatable bonds is 8. The molecule has 1 aromatic rings. The zero-order valence-electron chi connectivity index (χ0n) is 21.9. The van der Waals surface area contributed by atoms with Crippen LogP contribution < -0.4 is 4.72 Å². The molecule has 4 unspecified atom stereocenters. The maximum Gasteiger partial charge on any atom is 0.419 e. The Labute approximate surface area is 218 Å². The van der Waals surface area contributed by atoms with Gasteiger partial charge in [0.25, 0.3) is 0 Å². The summed E-state index contributed by atoms with van der Waals surface area (Å²) >= 11 is -1.95. The first-order chi connectivity index (χ1) is 17.1. The van der Waals surface area contributed by atoms with Crippen molar-refractivity contribution in [2.24, 2.45) is 11.3 Å².